The molecule has 7 heteroatoms. The van der Waals surface area contributed by atoms with Crippen LogP contribution in [0.2, 0.25) is 0 Å². The highest BCUT2D eigenvalue weighted by Gasteiger charge is 2.17. The lowest BCUT2D eigenvalue weighted by Gasteiger charge is -2.09. The number of methoxy groups -OCH3 is 1. The fraction of sp³-hybridized carbons (Fsp3) is 0.222. The molecule has 0 spiro atoms. The van der Waals surface area contributed by atoms with Crippen molar-refractivity contribution in [2.75, 3.05) is 18.2 Å². The van der Waals surface area contributed by atoms with Crippen LogP contribution in [0.25, 0.3) is 0 Å². The normalized spacial score (nSPS) is 9.62. The Morgan fingerprint density at radius 3 is 2.62 bits per heavy atom. The number of amides is 1. The monoisotopic (exact) mass is 225 g/mol. The molecule has 0 saturated heterocycles. The summed E-state index contributed by atoms with van der Waals surface area (Å²) in [5.41, 5.74) is 5.39. The van der Waals surface area contributed by atoms with E-state index in [-0.39, 0.29) is 28.7 Å². The predicted octanol–water partition coefficient (Wildman–Crippen LogP) is 1.14. The van der Waals surface area contributed by atoms with Crippen molar-refractivity contribution in [2.24, 2.45) is 0 Å². The average molecular weight is 225 g/mol. The van der Waals surface area contributed by atoms with Crippen molar-refractivity contribution in [1.29, 1.82) is 0 Å². The Morgan fingerprint density at radius 1 is 1.56 bits per heavy atom. The molecule has 0 fully saturated rings. The number of rotatable bonds is 3. The zero-order valence-corrected chi connectivity index (χ0v) is 8.81. The van der Waals surface area contributed by atoms with E-state index in [2.05, 4.69) is 5.32 Å². The molecule has 0 aliphatic rings. The molecule has 86 valence electrons. The highest BCUT2D eigenvalue weighted by molar-refractivity contribution is 5.91. The second kappa shape index (κ2) is 4.47. The lowest BCUT2D eigenvalue weighted by atomic mass is 10.2. The van der Waals surface area contributed by atoms with E-state index >= 15 is 0 Å². The summed E-state index contributed by atoms with van der Waals surface area (Å²) in [7, 11) is 1.38. The molecule has 1 aromatic rings. The Morgan fingerprint density at radius 2 is 2.19 bits per heavy atom. The molecule has 3 N–H and O–H groups in total. The van der Waals surface area contributed by atoms with E-state index < -0.39 is 4.92 Å². The van der Waals surface area contributed by atoms with Gasteiger partial charge in [0.2, 0.25) is 5.91 Å². The third kappa shape index (κ3) is 2.38. The maximum Gasteiger partial charge on any atom is 0.294 e. The van der Waals surface area contributed by atoms with Crippen molar-refractivity contribution in [1.82, 2.24) is 0 Å². The van der Waals surface area contributed by atoms with E-state index in [1.54, 1.807) is 0 Å². The molecule has 0 aliphatic carbocycles. The number of nitro benzene ring substituents is 1. The number of nitrogens with one attached hydrogen (secondary N) is 1. The number of carbonyl (C=O) groups is 1. The average Bonchev–Trinajstić information content (AvgIpc) is 2.18. The summed E-state index contributed by atoms with van der Waals surface area (Å²) >= 11 is 0. The summed E-state index contributed by atoms with van der Waals surface area (Å²) in [4.78, 5) is 20.9. The summed E-state index contributed by atoms with van der Waals surface area (Å²) < 4.78 is 4.94. The number of benzene rings is 1. The first-order valence-corrected chi connectivity index (χ1v) is 4.35. The maximum absolute atomic E-state index is 10.9. The molecule has 16 heavy (non-hydrogen) atoms. The van der Waals surface area contributed by atoms with Gasteiger partial charge in [0.1, 0.15) is 11.4 Å². The number of nitrogens with zero attached hydrogens (tertiary/aromatic N) is 1. The smallest absolute Gasteiger partial charge is 0.294 e. The minimum absolute atomic E-state index is 0.0176. The standard InChI is InChI=1S/C9H11N3O4/c1-5(13)11-7-4-8(12(14)15)6(10)3-9(7)16-2/h3-4H,10H2,1-2H3,(H,11,13). The van der Waals surface area contributed by atoms with Crippen molar-refractivity contribution < 1.29 is 14.5 Å². The molecular formula is C9H11N3O4. The van der Waals surface area contributed by atoms with Crippen molar-refractivity contribution in [3.63, 3.8) is 0 Å². The Balaban J connectivity index is 3.28. The van der Waals surface area contributed by atoms with Crippen LogP contribution < -0.4 is 15.8 Å². The highest BCUT2D eigenvalue weighted by Crippen LogP contribution is 2.34. The minimum atomic E-state index is -0.625. The zero-order chi connectivity index (χ0) is 12.3. The Kier molecular flexibility index (Phi) is 3.29. The van der Waals surface area contributed by atoms with E-state index in [0.29, 0.717) is 0 Å². The Bertz CT molecular complexity index is 445. The number of nitrogen functional groups attached to an aromatic ring is 1. The van der Waals surface area contributed by atoms with Crippen molar-refractivity contribution in [3.8, 4) is 5.75 Å². The van der Waals surface area contributed by atoms with E-state index in [9.17, 15) is 14.9 Å². The summed E-state index contributed by atoms with van der Waals surface area (Å²) in [6.45, 7) is 1.29. The van der Waals surface area contributed by atoms with Gasteiger partial charge >= 0.3 is 0 Å². The Hall–Kier alpha value is -2.31. The molecule has 1 amide bonds. The summed E-state index contributed by atoms with van der Waals surface area (Å²) in [6, 6.07) is 2.46. The van der Waals surface area contributed by atoms with Gasteiger partial charge in [-0.25, -0.2) is 0 Å². The van der Waals surface area contributed by atoms with Crippen molar-refractivity contribution in [2.45, 2.75) is 6.92 Å². The van der Waals surface area contributed by atoms with Gasteiger partial charge in [-0.05, 0) is 0 Å². The second-order valence-electron chi connectivity index (χ2n) is 3.05. The van der Waals surface area contributed by atoms with Crippen LogP contribution in [0.5, 0.6) is 5.75 Å². The molecule has 0 bridgehead atoms. The number of carbonyl (C=O) groups excluding carboxylic acids is 1. The fourth-order valence-electron chi connectivity index (χ4n) is 1.20. The second-order valence-corrected chi connectivity index (χ2v) is 3.05. The molecule has 0 aliphatic heterocycles. The number of hydrogen-bond donors (Lipinski definition) is 2. The zero-order valence-electron chi connectivity index (χ0n) is 8.81. The van der Waals surface area contributed by atoms with Gasteiger partial charge in [0, 0.05) is 19.1 Å². The third-order valence-corrected chi connectivity index (χ3v) is 1.86. The van der Waals surface area contributed by atoms with Crippen LogP contribution >= 0.6 is 0 Å². The molecule has 0 heterocycles. The number of anilines is 2. The molecule has 0 radical (unpaired) electrons. The van der Waals surface area contributed by atoms with Crippen LogP contribution in [0, 0.1) is 10.1 Å². The summed E-state index contributed by atoms with van der Waals surface area (Å²) in [5, 5.41) is 13.1. The van der Waals surface area contributed by atoms with Crippen molar-refractivity contribution >= 4 is 23.0 Å². The van der Waals surface area contributed by atoms with Crippen LogP contribution in [0.15, 0.2) is 12.1 Å². The SMILES string of the molecule is COc1cc(N)c([N+](=O)[O-])cc1NC(C)=O. The largest absolute Gasteiger partial charge is 0.494 e. The number of nitrogens with two attached hydrogens (primary N) is 1. The number of hydrogen-bond acceptors (Lipinski definition) is 5. The van der Waals surface area contributed by atoms with Crippen molar-refractivity contribution in [3.05, 3.63) is 22.2 Å². The first-order valence-electron chi connectivity index (χ1n) is 4.35. The number of nitro groups is 1. The molecule has 1 rings (SSSR count). The first-order chi connectivity index (χ1) is 7.45. The molecule has 0 unspecified atom stereocenters. The fourth-order valence-corrected chi connectivity index (χ4v) is 1.20. The van der Waals surface area contributed by atoms with Crippen LogP contribution in [0.4, 0.5) is 17.1 Å². The quantitative estimate of drug-likeness (QED) is 0.455. The lowest BCUT2D eigenvalue weighted by molar-refractivity contribution is -0.383. The Labute approximate surface area is 91.3 Å². The van der Waals surface area contributed by atoms with E-state index in [4.69, 9.17) is 10.5 Å². The van der Waals surface area contributed by atoms with Gasteiger partial charge in [0.25, 0.3) is 5.69 Å². The highest BCUT2D eigenvalue weighted by atomic mass is 16.6. The third-order valence-electron chi connectivity index (χ3n) is 1.86. The van der Waals surface area contributed by atoms with E-state index in [0.717, 1.165) is 6.07 Å². The topological polar surface area (TPSA) is 107 Å². The van der Waals surface area contributed by atoms with Crippen LogP contribution in [0.3, 0.4) is 0 Å². The van der Waals surface area contributed by atoms with Gasteiger partial charge in [-0.15, -0.1) is 0 Å². The van der Waals surface area contributed by atoms with E-state index in [1.807, 2.05) is 0 Å². The predicted molar refractivity (Wildman–Crippen MR) is 58.4 cm³/mol. The first kappa shape index (κ1) is 11.8. The number of ether oxygens (including phenoxy) is 1. The summed E-state index contributed by atoms with van der Waals surface area (Å²) in [6.07, 6.45) is 0. The van der Waals surface area contributed by atoms with Gasteiger partial charge in [0.05, 0.1) is 17.7 Å². The maximum atomic E-state index is 10.9. The minimum Gasteiger partial charge on any atom is -0.494 e. The molecule has 0 aromatic heterocycles. The van der Waals surface area contributed by atoms with Crippen LogP contribution in [0.1, 0.15) is 6.92 Å². The molecule has 1 aromatic carbocycles. The molecule has 0 saturated carbocycles. The lowest BCUT2D eigenvalue weighted by Crippen LogP contribution is -2.08. The van der Waals surface area contributed by atoms with Gasteiger partial charge < -0.3 is 15.8 Å². The molecule has 0 atom stereocenters. The van der Waals surface area contributed by atoms with Crippen LogP contribution in [-0.2, 0) is 4.79 Å². The molecule has 7 nitrogen and oxygen atoms in total. The molecular weight excluding hydrogens is 214 g/mol. The van der Waals surface area contributed by atoms with Gasteiger partial charge in [-0.2, -0.15) is 0 Å². The van der Waals surface area contributed by atoms with Gasteiger partial charge in [-0.1, -0.05) is 0 Å². The van der Waals surface area contributed by atoms with E-state index in [1.165, 1.54) is 20.1 Å². The summed E-state index contributed by atoms with van der Waals surface area (Å²) in [5.74, 6) is -0.0735. The van der Waals surface area contributed by atoms with Gasteiger partial charge in [0.15, 0.2) is 0 Å². The van der Waals surface area contributed by atoms with Gasteiger partial charge in [-0.3, -0.25) is 14.9 Å². The van der Waals surface area contributed by atoms with Crippen LogP contribution in [-0.4, -0.2) is 17.9 Å².